The smallest absolute Gasteiger partial charge is 0.274 e. The summed E-state index contributed by atoms with van der Waals surface area (Å²) in [5, 5.41) is 13.0. The van der Waals surface area contributed by atoms with Gasteiger partial charge in [0.25, 0.3) is 5.82 Å². The van der Waals surface area contributed by atoms with Crippen LogP contribution in [0.1, 0.15) is 24.0 Å². The van der Waals surface area contributed by atoms with Crippen molar-refractivity contribution in [2.45, 2.75) is 25.7 Å². The molecule has 0 bridgehead atoms. The van der Waals surface area contributed by atoms with Crippen LogP contribution in [0.25, 0.3) is 22.2 Å². The molecule has 2 aromatic carbocycles. The molecule has 134 valence electrons. The van der Waals surface area contributed by atoms with E-state index in [1.165, 1.54) is 24.0 Å². The highest BCUT2D eigenvalue weighted by Crippen LogP contribution is 2.33. The molecule has 0 fully saturated rings. The number of hydrogen-bond acceptors (Lipinski definition) is 2. The van der Waals surface area contributed by atoms with Gasteiger partial charge in [-0.25, -0.2) is 10.3 Å². The van der Waals surface area contributed by atoms with Gasteiger partial charge in [-0.05, 0) is 61.6 Å². The van der Waals surface area contributed by atoms with Crippen LogP contribution < -0.4 is 10.3 Å². The van der Waals surface area contributed by atoms with Gasteiger partial charge in [-0.1, -0.05) is 35.9 Å². The van der Waals surface area contributed by atoms with E-state index in [9.17, 15) is 0 Å². The number of H-pyrrole nitrogens is 2. The van der Waals surface area contributed by atoms with Gasteiger partial charge in [0.05, 0.1) is 15.9 Å². The predicted molar refractivity (Wildman–Crippen MR) is 109 cm³/mol. The van der Waals surface area contributed by atoms with E-state index < -0.39 is 0 Å². The maximum Gasteiger partial charge on any atom is 0.282 e. The maximum absolute atomic E-state index is 6.46. The molecule has 2 heterocycles. The van der Waals surface area contributed by atoms with Crippen molar-refractivity contribution in [1.82, 2.24) is 10.2 Å². The number of benzene rings is 2. The van der Waals surface area contributed by atoms with Crippen molar-refractivity contribution < 1.29 is 4.98 Å². The molecule has 1 aliphatic carbocycles. The van der Waals surface area contributed by atoms with Crippen LogP contribution in [0.5, 0.6) is 0 Å². The number of aryl methyl sites for hydroxylation is 1. The number of rotatable bonds is 3. The molecule has 4 aromatic rings. The minimum Gasteiger partial charge on any atom is -0.274 e. The molecule has 0 saturated heterocycles. The fourth-order valence-corrected chi connectivity index (χ4v) is 4.14. The van der Waals surface area contributed by atoms with E-state index in [0.717, 1.165) is 51.7 Å². The van der Waals surface area contributed by atoms with E-state index in [-0.39, 0.29) is 0 Å². The zero-order valence-electron chi connectivity index (χ0n) is 14.8. The molecule has 1 aliphatic rings. The predicted octanol–water partition coefficient (Wildman–Crippen LogP) is 5.32. The number of aromatic amines is 2. The second-order valence-electron chi connectivity index (χ2n) is 6.99. The van der Waals surface area contributed by atoms with Crippen LogP contribution in [0.4, 0.5) is 11.6 Å². The monoisotopic (exact) mass is 375 g/mol. The molecule has 4 nitrogen and oxygen atoms in total. The van der Waals surface area contributed by atoms with Crippen molar-refractivity contribution >= 4 is 34.1 Å². The second-order valence-corrected chi connectivity index (χ2v) is 7.40. The van der Waals surface area contributed by atoms with Crippen LogP contribution >= 0.6 is 11.6 Å². The summed E-state index contributed by atoms with van der Waals surface area (Å²) in [6, 6.07) is 18.4. The normalized spacial score (nSPS) is 13.5. The Labute approximate surface area is 162 Å². The molecule has 5 heteroatoms. The van der Waals surface area contributed by atoms with Crippen molar-refractivity contribution in [2.75, 3.05) is 5.32 Å². The molecule has 0 radical (unpaired) electrons. The topological polar surface area (TPSA) is 54.9 Å². The van der Waals surface area contributed by atoms with Crippen LogP contribution in [0.3, 0.4) is 0 Å². The Morgan fingerprint density at radius 3 is 2.74 bits per heavy atom. The Morgan fingerprint density at radius 2 is 1.81 bits per heavy atom. The number of hydrogen-bond donors (Lipinski definition) is 2. The molecule has 0 aliphatic heterocycles. The minimum atomic E-state index is 0.751. The first kappa shape index (κ1) is 16.3. The lowest BCUT2D eigenvalue weighted by Crippen LogP contribution is -2.20. The van der Waals surface area contributed by atoms with Crippen molar-refractivity contribution in [2.24, 2.45) is 0 Å². The SMILES string of the molecule is Clc1ccccc1-c1cc2c(c(Nc3n[nH]c4ccccc34)[nH+]1)CCCC2. The van der Waals surface area contributed by atoms with Crippen LogP contribution in [0.15, 0.2) is 54.6 Å². The highest BCUT2D eigenvalue weighted by atomic mass is 35.5. The second kappa shape index (κ2) is 6.71. The number of aromatic nitrogens is 3. The van der Waals surface area contributed by atoms with E-state index in [0.29, 0.717) is 0 Å². The molecule has 5 rings (SSSR count). The highest BCUT2D eigenvalue weighted by molar-refractivity contribution is 6.33. The van der Waals surface area contributed by atoms with E-state index >= 15 is 0 Å². The first-order chi connectivity index (χ1) is 13.3. The third-order valence-electron chi connectivity index (χ3n) is 5.27. The first-order valence-corrected chi connectivity index (χ1v) is 9.70. The van der Waals surface area contributed by atoms with Crippen molar-refractivity contribution in [3.63, 3.8) is 0 Å². The summed E-state index contributed by atoms with van der Waals surface area (Å²) in [7, 11) is 0. The van der Waals surface area contributed by atoms with Gasteiger partial charge in [0.15, 0.2) is 0 Å². The Morgan fingerprint density at radius 1 is 1.00 bits per heavy atom. The summed E-state index contributed by atoms with van der Waals surface area (Å²) in [6.45, 7) is 0. The van der Waals surface area contributed by atoms with E-state index in [1.54, 1.807) is 0 Å². The number of nitrogens with zero attached hydrogens (tertiary/aromatic N) is 1. The lowest BCUT2D eigenvalue weighted by atomic mass is 9.91. The average Bonchev–Trinajstić information content (AvgIpc) is 3.11. The van der Waals surface area contributed by atoms with Gasteiger partial charge >= 0.3 is 0 Å². The zero-order chi connectivity index (χ0) is 18.2. The molecule has 3 N–H and O–H groups in total. The lowest BCUT2D eigenvalue weighted by Gasteiger charge is -2.17. The fraction of sp³-hybridized carbons (Fsp3) is 0.182. The molecule has 0 spiro atoms. The van der Waals surface area contributed by atoms with Crippen LogP contribution in [0, 0.1) is 0 Å². The molecule has 0 saturated carbocycles. The van der Waals surface area contributed by atoms with Gasteiger partial charge < -0.3 is 0 Å². The highest BCUT2D eigenvalue weighted by Gasteiger charge is 2.23. The molecule has 0 unspecified atom stereocenters. The van der Waals surface area contributed by atoms with Gasteiger partial charge in [-0.15, -0.1) is 5.10 Å². The summed E-state index contributed by atoms with van der Waals surface area (Å²) < 4.78 is 0. The van der Waals surface area contributed by atoms with E-state index in [4.69, 9.17) is 11.6 Å². The number of fused-ring (bicyclic) bond motifs is 2. The maximum atomic E-state index is 6.46. The fourth-order valence-electron chi connectivity index (χ4n) is 3.90. The Balaban J connectivity index is 1.64. The standard InChI is InChI=1S/C22H19ClN4/c23-18-11-5-3-9-16(18)20-13-14-7-1-2-8-15(14)21(24-20)25-22-17-10-4-6-12-19(17)26-27-22/h3-6,9-13H,1-2,7-8H2,(H2,24,25,26,27)/p+1. The molecule has 0 amide bonds. The van der Waals surface area contributed by atoms with E-state index in [2.05, 4.69) is 38.7 Å². The number of halogens is 1. The first-order valence-electron chi connectivity index (χ1n) is 9.33. The van der Waals surface area contributed by atoms with Gasteiger partial charge in [0.2, 0.25) is 5.82 Å². The van der Waals surface area contributed by atoms with Crippen molar-refractivity contribution in [3.8, 4) is 11.3 Å². The molecular formula is C22H20ClN4+. The van der Waals surface area contributed by atoms with Gasteiger partial charge in [-0.2, -0.15) is 0 Å². The molecule has 0 atom stereocenters. The third-order valence-corrected chi connectivity index (χ3v) is 5.60. The summed E-state index contributed by atoms with van der Waals surface area (Å²) >= 11 is 6.46. The molecule has 27 heavy (non-hydrogen) atoms. The van der Waals surface area contributed by atoms with Gasteiger partial charge in [0.1, 0.15) is 5.69 Å². The summed E-state index contributed by atoms with van der Waals surface area (Å²) in [5.74, 6) is 1.85. The van der Waals surface area contributed by atoms with E-state index in [1.807, 2.05) is 36.4 Å². The van der Waals surface area contributed by atoms with Crippen molar-refractivity contribution in [3.05, 3.63) is 70.7 Å². The summed E-state index contributed by atoms with van der Waals surface area (Å²) in [6.07, 6.45) is 4.60. The van der Waals surface area contributed by atoms with Crippen LogP contribution in [-0.2, 0) is 12.8 Å². The van der Waals surface area contributed by atoms with Gasteiger partial charge in [0, 0.05) is 11.1 Å². The minimum absolute atomic E-state index is 0.751. The number of nitrogens with one attached hydrogen (secondary N) is 3. The Bertz CT molecular complexity index is 1130. The Kier molecular flexibility index (Phi) is 4.06. The van der Waals surface area contributed by atoms with Gasteiger partial charge in [-0.3, -0.25) is 5.10 Å². The average molecular weight is 376 g/mol. The molecule has 2 aromatic heterocycles. The molecular weight excluding hydrogens is 356 g/mol. The quantitative estimate of drug-likeness (QED) is 0.509. The summed E-state index contributed by atoms with van der Waals surface area (Å²) in [4.78, 5) is 3.58. The number of pyridine rings is 1. The lowest BCUT2D eigenvalue weighted by molar-refractivity contribution is -0.348. The number of anilines is 2. The van der Waals surface area contributed by atoms with Crippen LogP contribution in [0.2, 0.25) is 5.02 Å². The summed E-state index contributed by atoms with van der Waals surface area (Å²) in [5.41, 5.74) is 5.81. The zero-order valence-corrected chi connectivity index (χ0v) is 15.6. The van der Waals surface area contributed by atoms with Crippen molar-refractivity contribution in [1.29, 1.82) is 0 Å². The Hall–Kier alpha value is -2.85. The third kappa shape index (κ3) is 2.96. The van der Waals surface area contributed by atoms with Crippen LogP contribution in [-0.4, -0.2) is 10.2 Å². The number of para-hydroxylation sites is 1. The largest absolute Gasteiger partial charge is 0.282 e.